The highest BCUT2D eigenvalue weighted by Gasteiger charge is 2.31. The lowest BCUT2D eigenvalue weighted by Crippen LogP contribution is -2.38. The smallest absolute Gasteiger partial charge is 0.239 e. The van der Waals surface area contributed by atoms with Crippen LogP contribution >= 0.6 is 11.6 Å². The fourth-order valence-corrected chi connectivity index (χ4v) is 3.36. The maximum Gasteiger partial charge on any atom is 0.239 e. The van der Waals surface area contributed by atoms with Gasteiger partial charge in [-0.2, -0.15) is 5.10 Å². The van der Waals surface area contributed by atoms with Crippen LogP contribution in [-0.2, 0) is 11.8 Å². The summed E-state index contributed by atoms with van der Waals surface area (Å²) in [6.45, 7) is 1.88. The summed E-state index contributed by atoms with van der Waals surface area (Å²) >= 11 is 5.96. The molecule has 0 bridgehead atoms. The molecule has 1 amide bonds. The van der Waals surface area contributed by atoms with Gasteiger partial charge in [0, 0.05) is 30.9 Å². The van der Waals surface area contributed by atoms with E-state index >= 15 is 0 Å². The van der Waals surface area contributed by atoms with E-state index in [9.17, 15) is 9.90 Å². The SMILES string of the molecule is Cn1ccc(NC(=O)CN2CCCC(O)(COc3cccc(Cl)c3)CC2)n1. The number of hydrogen-bond acceptors (Lipinski definition) is 5. The molecule has 0 saturated carbocycles. The number of rotatable bonds is 6. The predicted molar refractivity (Wildman–Crippen MR) is 104 cm³/mol. The Kier molecular flexibility index (Phi) is 6.36. The van der Waals surface area contributed by atoms with Gasteiger partial charge in [0.05, 0.1) is 12.1 Å². The number of nitrogens with one attached hydrogen (secondary N) is 1. The number of ether oxygens (including phenoxy) is 1. The van der Waals surface area contributed by atoms with Crippen LogP contribution in [0.2, 0.25) is 5.02 Å². The molecule has 1 aromatic carbocycles. The van der Waals surface area contributed by atoms with Crippen LogP contribution in [0.5, 0.6) is 5.75 Å². The highest BCUT2D eigenvalue weighted by Crippen LogP contribution is 2.25. The van der Waals surface area contributed by atoms with Crippen LogP contribution in [0.15, 0.2) is 36.5 Å². The predicted octanol–water partition coefficient (Wildman–Crippen LogP) is 2.31. The van der Waals surface area contributed by atoms with Gasteiger partial charge in [-0.05, 0) is 44.0 Å². The van der Waals surface area contributed by atoms with Gasteiger partial charge in [0.25, 0.3) is 0 Å². The van der Waals surface area contributed by atoms with Crippen LogP contribution in [0.1, 0.15) is 19.3 Å². The Labute approximate surface area is 163 Å². The summed E-state index contributed by atoms with van der Waals surface area (Å²) in [5.41, 5.74) is -0.908. The molecule has 1 saturated heterocycles. The van der Waals surface area contributed by atoms with E-state index < -0.39 is 5.60 Å². The normalized spacial score (nSPS) is 20.9. The van der Waals surface area contributed by atoms with Crippen LogP contribution < -0.4 is 10.1 Å². The number of aliphatic hydroxyl groups is 1. The lowest BCUT2D eigenvalue weighted by atomic mass is 9.96. The number of anilines is 1. The molecule has 2 heterocycles. The highest BCUT2D eigenvalue weighted by molar-refractivity contribution is 6.30. The molecule has 1 fully saturated rings. The molecule has 8 heteroatoms. The summed E-state index contributed by atoms with van der Waals surface area (Å²) in [7, 11) is 1.80. The summed E-state index contributed by atoms with van der Waals surface area (Å²) in [6, 6.07) is 8.90. The van der Waals surface area contributed by atoms with Crippen LogP contribution in [0, 0.1) is 0 Å². The molecule has 1 unspecified atom stereocenters. The molecule has 1 aliphatic rings. The summed E-state index contributed by atoms with van der Waals surface area (Å²) in [4.78, 5) is 14.3. The molecule has 2 aromatic rings. The second-order valence-electron chi connectivity index (χ2n) is 7.02. The van der Waals surface area contributed by atoms with Crippen LogP contribution in [0.3, 0.4) is 0 Å². The number of aryl methyl sites for hydroxylation is 1. The molecule has 2 N–H and O–H groups in total. The summed E-state index contributed by atoms with van der Waals surface area (Å²) < 4.78 is 7.38. The standard InChI is InChI=1S/C19H25ClN4O3/c1-23-10-6-17(22-23)21-18(25)13-24-9-3-7-19(26,8-11-24)14-27-16-5-2-4-15(20)12-16/h2,4-6,10,12,26H,3,7-9,11,13-14H2,1H3,(H,21,22,25). The fourth-order valence-electron chi connectivity index (χ4n) is 3.18. The Morgan fingerprint density at radius 1 is 1.37 bits per heavy atom. The zero-order chi connectivity index (χ0) is 19.3. The number of carbonyl (C=O) groups is 1. The van der Waals surface area contributed by atoms with Crippen molar-refractivity contribution in [3.63, 3.8) is 0 Å². The summed E-state index contributed by atoms with van der Waals surface area (Å²) in [5, 5.41) is 18.4. The first-order chi connectivity index (χ1) is 12.9. The van der Waals surface area contributed by atoms with Crippen LogP contribution in [0.4, 0.5) is 5.82 Å². The molecule has 1 aliphatic heterocycles. The van der Waals surface area contributed by atoms with Gasteiger partial charge in [-0.1, -0.05) is 17.7 Å². The highest BCUT2D eigenvalue weighted by atomic mass is 35.5. The van der Waals surface area contributed by atoms with Crippen LogP contribution in [-0.4, -0.2) is 57.5 Å². The van der Waals surface area contributed by atoms with Gasteiger partial charge in [-0.15, -0.1) is 0 Å². The Morgan fingerprint density at radius 2 is 2.22 bits per heavy atom. The molecule has 146 valence electrons. The van der Waals surface area contributed by atoms with Crippen molar-refractivity contribution in [2.24, 2.45) is 7.05 Å². The molecule has 7 nitrogen and oxygen atoms in total. The van der Waals surface area contributed by atoms with Gasteiger partial charge >= 0.3 is 0 Å². The third-order valence-corrected chi connectivity index (χ3v) is 4.90. The van der Waals surface area contributed by atoms with E-state index in [1.165, 1.54) is 0 Å². The third kappa shape index (κ3) is 5.95. The van der Waals surface area contributed by atoms with Crippen molar-refractivity contribution in [1.29, 1.82) is 0 Å². The summed E-state index contributed by atoms with van der Waals surface area (Å²) in [5.74, 6) is 1.09. The van der Waals surface area contributed by atoms with E-state index in [1.54, 1.807) is 36.1 Å². The van der Waals surface area contributed by atoms with Crippen molar-refractivity contribution in [3.05, 3.63) is 41.6 Å². The Balaban J connectivity index is 1.48. The van der Waals surface area contributed by atoms with E-state index in [0.717, 1.165) is 13.0 Å². The molecule has 3 rings (SSSR count). The molecule has 1 aromatic heterocycles. The monoisotopic (exact) mass is 392 g/mol. The van der Waals surface area contributed by atoms with Crippen molar-refractivity contribution in [2.75, 3.05) is 31.6 Å². The van der Waals surface area contributed by atoms with E-state index in [-0.39, 0.29) is 19.1 Å². The Bertz CT molecular complexity index is 782. The minimum absolute atomic E-state index is 0.102. The zero-order valence-electron chi connectivity index (χ0n) is 15.4. The van der Waals surface area contributed by atoms with Crippen molar-refractivity contribution < 1.29 is 14.6 Å². The first kappa shape index (κ1) is 19.7. The Hall–Kier alpha value is -2.09. The Morgan fingerprint density at radius 3 is 2.96 bits per heavy atom. The van der Waals surface area contributed by atoms with Gasteiger partial charge in [-0.25, -0.2) is 0 Å². The van der Waals surface area contributed by atoms with Gasteiger partial charge in [0.2, 0.25) is 5.91 Å². The molecular weight excluding hydrogens is 368 g/mol. The fraction of sp³-hybridized carbons (Fsp3) is 0.474. The number of hydrogen-bond donors (Lipinski definition) is 2. The number of halogens is 1. The number of carbonyl (C=O) groups excluding carboxylic acids is 1. The maximum atomic E-state index is 12.2. The zero-order valence-corrected chi connectivity index (χ0v) is 16.2. The number of aromatic nitrogens is 2. The molecular formula is C19H25ClN4O3. The van der Waals surface area contributed by atoms with Crippen molar-refractivity contribution in [1.82, 2.24) is 14.7 Å². The van der Waals surface area contributed by atoms with E-state index in [2.05, 4.69) is 15.3 Å². The number of nitrogens with zero attached hydrogens (tertiary/aromatic N) is 3. The largest absolute Gasteiger partial charge is 0.491 e. The number of amides is 1. The lowest BCUT2D eigenvalue weighted by molar-refractivity contribution is -0.117. The molecule has 1 atom stereocenters. The maximum absolute atomic E-state index is 12.2. The number of likely N-dealkylation sites (tertiary alicyclic amines) is 1. The van der Waals surface area contributed by atoms with Gasteiger partial charge in [-0.3, -0.25) is 14.4 Å². The average molecular weight is 393 g/mol. The van der Waals surface area contributed by atoms with Crippen molar-refractivity contribution in [2.45, 2.75) is 24.9 Å². The quantitative estimate of drug-likeness (QED) is 0.788. The van der Waals surface area contributed by atoms with Crippen molar-refractivity contribution in [3.8, 4) is 5.75 Å². The minimum Gasteiger partial charge on any atom is -0.491 e. The first-order valence-corrected chi connectivity index (χ1v) is 9.42. The van der Waals surface area contributed by atoms with Crippen molar-refractivity contribution >= 4 is 23.3 Å². The van der Waals surface area contributed by atoms with Gasteiger partial charge in [0.15, 0.2) is 5.82 Å². The topological polar surface area (TPSA) is 79.6 Å². The lowest BCUT2D eigenvalue weighted by Gasteiger charge is -2.27. The summed E-state index contributed by atoms with van der Waals surface area (Å²) in [6.07, 6.45) is 3.75. The van der Waals surface area contributed by atoms with E-state index in [1.807, 2.05) is 12.1 Å². The molecule has 27 heavy (non-hydrogen) atoms. The average Bonchev–Trinajstić information content (AvgIpc) is 2.93. The second kappa shape index (κ2) is 8.73. The minimum atomic E-state index is -0.908. The first-order valence-electron chi connectivity index (χ1n) is 9.04. The second-order valence-corrected chi connectivity index (χ2v) is 7.46. The number of benzene rings is 1. The van der Waals surface area contributed by atoms with Gasteiger partial charge < -0.3 is 15.2 Å². The molecule has 0 spiro atoms. The van der Waals surface area contributed by atoms with Crippen LogP contribution in [0.25, 0.3) is 0 Å². The molecule has 0 radical (unpaired) electrons. The third-order valence-electron chi connectivity index (χ3n) is 4.66. The van der Waals surface area contributed by atoms with E-state index in [4.69, 9.17) is 16.3 Å². The van der Waals surface area contributed by atoms with Gasteiger partial charge in [0.1, 0.15) is 12.4 Å². The van der Waals surface area contributed by atoms with E-state index in [0.29, 0.717) is 36.0 Å². The molecule has 0 aliphatic carbocycles.